The van der Waals surface area contributed by atoms with E-state index < -0.39 is 5.91 Å². The number of hydrogen-bond donors (Lipinski definition) is 1. The number of carbonyl (C=O) groups is 2. The standard InChI is InChI=1S/C12H16N2O3S/c1-17-7-8-3-2-5-14(8)12(16)9-4-6-18-10(9)11(13)15/h4,6,8H,2-3,5,7H2,1H3,(H2,13,15)/t8-/m1/s1. The number of carbonyl (C=O) groups excluding carboxylic acids is 2. The van der Waals surface area contributed by atoms with Gasteiger partial charge in [-0.1, -0.05) is 0 Å². The number of rotatable bonds is 4. The van der Waals surface area contributed by atoms with E-state index >= 15 is 0 Å². The fourth-order valence-corrected chi connectivity index (χ4v) is 3.03. The van der Waals surface area contributed by atoms with Gasteiger partial charge in [0.05, 0.1) is 18.2 Å². The van der Waals surface area contributed by atoms with Crippen molar-refractivity contribution in [3.63, 3.8) is 0 Å². The van der Waals surface area contributed by atoms with E-state index in [1.807, 2.05) is 0 Å². The minimum absolute atomic E-state index is 0.100. The summed E-state index contributed by atoms with van der Waals surface area (Å²) in [6.45, 7) is 1.24. The highest BCUT2D eigenvalue weighted by Gasteiger charge is 2.31. The van der Waals surface area contributed by atoms with Crippen molar-refractivity contribution in [1.29, 1.82) is 0 Å². The molecule has 1 fully saturated rings. The largest absolute Gasteiger partial charge is 0.383 e. The Morgan fingerprint density at radius 2 is 2.39 bits per heavy atom. The third-order valence-corrected chi connectivity index (χ3v) is 4.05. The van der Waals surface area contributed by atoms with E-state index in [4.69, 9.17) is 10.5 Å². The van der Waals surface area contributed by atoms with Gasteiger partial charge in [0, 0.05) is 13.7 Å². The molecule has 1 saturated heterocycles. The summed E-state index contributed by atoms with van der Waals surface area (Å²) in [6, 6.07) is 1.76. The highest BCUT2D eigenvalue weighted by Crippen LogP contribution is 2.24. The molecule has 1 aromatic heterocycles. The van der Waals surface area contributed by atoms with Crippen LogP contribution in [0.5, 0.6) is 0 Å². The molecule has 2 rings (SSSR count). The molecule has 0 saturated carbocycles. The van der Waals surface area contributed by atoms with Crippen LogP contribution in [0.3, 0.4) is 0 Å². The van der Waals surface area contributed by atoms with Gasteiger partial charge in [-0.2, -0.15) is 0 Å². The molecule has 5 nitrogen and oxygen atoms in total. The normalized spacial score (nSPS) is 19.2. The number of amides is 2. The van der Waals surface area contributed by atoms with E-state index in [9.17, 15) is 9.59 Å². The Morgan fingerprint density at radius 1 is 1.61 bits per heavy atom. The number of primary amides is 1. The number of likely N-dealkylation sites (tertiary alicyclic amines) is 1. The molecule has 2 amide bonds. The molecule has 1 atom stereocenters. The first-order valence-corrected chi connectivity index (χ1v) is 6.70. The third-order valence-electron chi connectivity index (χ3n) is 3.12. The van der Waals surface area contributed by atoms with Crippen LogP contribution in [0.2, 0.25) is 0 Å². The van der Waals surface area contributed by atoms with Crippen LogP contribution in [0.25, 0.3) is 0 Å². The number of hydrogen-bond acceptors (Lipinski definition) is 4. The topological polar surface area (TPSA) is 72.6 Å². The molecule has 1 aliphatic heterocycles. The van der Waals surface area contributed by atoms with E-state index in [0.29, 0.717) is 23.6 Å². The van der Waals surface area contributed by atoms with Crippen LogP contribution >= 0.6 is 11.3 Å². The molecular formula is C12H16N2O3S. The highest BCUT2D eigenvalue weighted by molar-refractivity contribution is 7.12. The van der Waals surface area contributed by atoms with Crippen LogP contribution in [0.15, 0.2) is 11.4 Å². The fourth-order valence-electron chi connectivity index (χ4n) is 2.29. The second-order valence-electron chi connectivity index (χ2n) is 4.28. The van der Waals surface area contributed by atoms with E-state index in [0.717, 1.165) is 12.8 Å². The van der Waals surface area contributed by atoms with Crippen molar-refractivity contribution in [3.05, 3.63) is 21.9 Å². The zero-order valence-electron chi connectivity index (χ0n) is 10.2. The zero-order chi connectivity index (χ0) is 13.1. The molecule has 2 N–H and O–H groups in total. The van der Waals surface area contributed by atoms with E-state index in [1.54, 1.807) is 23.5 Å². The number of thiophene rings is 1. The van der Waals surface area contributed by atoms with Crippen molar-refractivity contribution in [3.8, 4) is 0 Å². The fraction of sp³-hybridized carbons (Fsp3) is 0.500. The Morgan fingerprint density at radius 3 is 3.06 bits per heavy atom. The van der Waals surface area contributed by atoms with Gasteiger partial charge in [-0.15, -0.1) is 11.3 Å². The van der Waals surface area contributed by atoms with Gasteiger partial charge in [-0.05, 0) is 24.3 Å². The molecule has 98 valence electrons. The molecule has 6 heteroatoms. The number of nitrogens with zero attached hydrogens (tertiary/aromatic N) is 1. The second kappa shape index (κ2) is 5.49. The maximum atomic E-state index is 12.4. The zero-order valence-corrected chi connectivity index (χ0v) is 11.0. The van der Waals surface area contributed by atoms with E-state index in [1.165, 1.54) is 11.3 Å². The van der Waals surface area contributed by atoms with Crippen LogP contribution in [0.1, 0.15) is 32.9 Å². The van der Waals surface area contributed by atoms with Gasteiger partial charge < -0.3 is 15.4 Å². The molecule has 0 aromatic carbocycles. The number of methoxy groups -OCH3 is 1. The molecule has 0 bridgehead atoms. The number of ether oxygens (including phenoxy) is 1. The Kier molecular flexibility index (Phi) is 3.98. The van der Waals surface area contributed by atoms with Gasteiger partial charge in [0.1, 0.15) is 4.88 Å². The van der Waals surface area contributed by atoms with Gasteiger partial charge in [-0.3, -0.25) is 9.59 Å². The molecule has 0 spiro atoms. The first-order chi connectivity index (χ1) is 8.65. The lowest BCUT2D eigenvalue weighted by Crippen LogP contribution is -2.38. The quantitative estimate of drug-likeness (QED) is 0.888. The lowest BCUT2D eigenvalue weighted by molar-refractivity contribution is 0.0628. The van der Waals surface area contributed by atoms with Gasteiger partial charge in [0.15, 0.2) is 0 Å². The smallest absolute Gasteiger partial charge is 0.259 e. The molecule has 0 radical (unpaired) electrons. The van der Waals surface area contributed by atoms with Crippen LogP contribution in [-0.4, -0.2) is 43.0 Å². The first-order valence-electron chi connectivity index (χ1n) is 5.82. The van der Waals surface area contributed by atoms with Gasteiger partial charge in [0.2, 0.25) is 0 Å². The summed E-state index contributed by atoms with van der Waals surface area (Å²) in [6.07, 6.45) is 1.91. The summed E-state index contributed by atoms with van der Waals surface area (Å²) < 4.78 is 5.12. The molecule has 0 unspecified atom stereocenters. The average Bonchev–Trinajstić information content (AvgIpc) is 2.96. The Balaban J connectivity index is 2.20. The van der Waals surface area contributed by atoms with Crippen molar-refractivity contribution in [2.24, 2.45) is 5.73 Å². The average molecular weight is 268 g/mol. The summed E-state index contributed by atoms with van der Waals surface area (Å²) in [5, 5.41) is 1.72. The van der Waals surface area contributed by atoms with Crippen molar-refractivity contribution >= 4 is 23.2 Å². The third kappa shape index (κ3) is 2.39. The summed E-state index contributed by atoms with van der Waals surface area (Å²) in [4.78, 5) is 25.7. The van der Waals surface area contributed by atoms with Gasteiger partial charge in [0.25, 0.3) is 11.8 Å². The van der Waals surface area contributed by atoms with Crippen molar-refractivity contribution < 1.29 is 14.3 Å². The molecule has 1 aliphatic rings. The van der Waals surface area contributed by atoms with Crippen LogP contribution in [0.4, 0.5) is 0 Å². The SMILES string of the molecule is COC[C@H]1CCCN1C(=O)c1ccsc1C(N)=O. The van der Waals surface area contributed by atoms with Crippen LogP contribution in [0, 0.1) is 0 Å². The van der Waals surface area contributed by atoms with E-state index in [2.05, 4.69) is 0 Å². The molecule has 0 aliphatic carbocycles. The van der Waals surface area contributed by atoms with Crippen molar-refractivity contribution in [2.45, 2.75) is 18.9 Å². The Bertz CT molecular complexity index is 458. The summed E-state index contributed by atoms with van der Waals surface area (Å²) in [7, 11) is 1.63. The molecule has 1 aromatic rings. The minimum Gasteiger partial charge on any atom is -0.383 e. The number of nitrogens with two attached hydrogens (primary N) is 1. The molecule has 18 heavy (non-hydrogen) atoms. The minimum atomic E-state index is -0.546. The Hall–Kier alpha value is -1.40. The molecule has 2 heterocycles. The summed E-state index contributed by atoms with van der Waals surface area (Å²) in [5.41, 5.74) is 5.68. The maximum Gasteiger partial charge on any atom is 0.259 e. The summed E-state index contributed by atoms with van der Waals surface area (Å²) in [5.74, 6) is -0.666. The molecular weight excluding hydrogens is 252 g/mol. The lowest BCUT2D eigenvalue weighted by Gasteiger charge is -2.24. The lowest BCUT2D eigenvalue weighted by atomic mass is 10.2. The van der Waals surface area contributed by atoms with Crippen molar-refractivity contribution in [2.75, 3.05) is 20.3 Å². The van der Waals surface area contributed by atoms with E-state index in [-0.39, 0.29) is 11.9 Å². The maximum absolute atomic E-state index is 12.4. The predicted molar refractivity (Wildman–Crippen MR) is 68.8 cm³/mol. The Labute approximate surface area is 110 Å². The first kappa shape index (κ1) is 13.0. The monoisotopic (exact) mass is 268 g/mol. The van der Waals surface area contributed by atoms with Gasteiger partial charge in [-0.25, -0.2) is 0 Å². The van der Waals surface area contributed by atoms with Crippen LogP contribution < -0.4 is 5.73 Å². The highest BCUT2D eigenvalue weighted by atomic mass is 32.1. The van der Waals surface area contributed by atoms with Crippen LogP contribution in [-0.2, 0) is 4.74 Å². The second-order valence-corrected chi connectivity index (χ2v) is 5.19. The van der Waals surface area contributed by atoms with Gasteiger partial charge >= 0.3 is 0 Å². The van der Waals surface area contributed by atoms with Crippen molar-refractivity contribution in [1.82, 2.24) is 4.90 Å². The predicted octanol–water partition coefficient (Wildman–Crippen LogP) is 1.10. The summed E-state index contributed by atoms with van der Waals surface area (Å²) >= 11 is 1.21.